The molecule has 0 unspecified atom stereocenters. The molecule has 15 heavy (non-hydrogen) atoms. The Morgan fingerprint density at radius 3 is 2.33 bits per heavy atom. The molecule has 1 aromatic carbocycles. The quantitative estimate of drug-likeness (QED) is 0.738. The van der Waals surface area contributed by atoms with E-state index in [1.165, 1.54) is 0 Å². The molecule has 0 saturated carbocycles. The number of para-hydroxylation sites is 1. The lowest BCUT2D eigenvalue weighted by molar-refractivity contribution is 0.550. The molecule has 0 bridgehead atoms. The van der Waals surface area contributed by atoms with Crippen LogP contribution in [0.2, 0.25) is 0 Å². The second-order valence-corrected chi connectivity index (χ2v) is 6.36. The van der Waals surface area contributed by atoms with Crippen molar-refractivity contribution in [2.75, 3.05) is 17.2 Å². The number of anilines is 1. The number of nitrogens with two attached hydrogens (primary N) is 1. The average molecular weight is 225 g/mol. The van der Waals surface area contributed by atoms with E-state index in [4.69, 9.17) is 5.73 Å². The molecule has 1 aromatic rings. The first-order chi connectivity index (χ1) is 7.08. The van der Waals surface area contributed by atoms with E-state index >= 15 is 0 Å². The maximum absolute atomic E-state index is 11.3. The summed E-state index contributed by atoms with van der Waals surface area (Å²) in [5, 5.41) is 0. The molecule has 0 radical (unpaired) electrons. The van der Waals surface area contributed by atoms with Gasteiger partial charge in [0, 0.05) is 5.69 Å². The number of rotatable bonds is 1. The molecule has 0 atom stereocenters. The van der Waals surface area contributed by atoms with Crippen molar-refractivity contribution >= 4 is 15.5 Å². The summed E-state index contributed by atoms with van der Waals surface area (Å²) in [7, 11) is -2.78. The normalized spacial score (nSPS) is 21.3. The number of nitrogen functional groups attached to an aromatic ring is 1. The summed E-state index contributed by atoms with van der Waals surface area (Å²) in [6.45, 7) is 0. The molecule has 2 rings (SSSR count). The van der Waals surface area contributed by atoms with Gasteiger partial charge < -0.3 is 5.73 Å². The molecule has 1 aliphatic rings. The van der Waals surface area contributed by atoms with E-state index in [1.54, 1.807) is 0 Å². The van der Waals surface area contributed by atoms with Gasteiger partial charge in [0.1, 0.15) is 9.84 Å². The molecule has 4 heteroatoms. The summed E-state index contributed by atoms with van der Waals surface area (Å²) in [5.41, 5.74) is 7.75. The summed E-state index contributed by atoms with van der Waals surface area (Å²) in [4.78, 5) is 0. The van der Waals surface area contributed by atoms with Crippen LogP contribution in [0.25, 0.3) is 0 Å². The van der Waals surface area contributed by atoms with Gasteiger partial charge in [-0.25, -0.2) is 8.42 Å². The van der Waals surface area contributed by atoms with Crippen molar-refractivity contribution in [3.05, 3.63) is 29.8 Å². The Kier molecular flexibility index (Phi) is 2.69. The molecule has 2 N–H and O–H groups in total. The minimum atomic E-state index is -2.78. The van der Waals surface area contributed by atoms with Gasteiger partial charge >= 0.3 is 0 Å². The van der Waals surface area contributed by atoms with E-state index < -0.39 is 9.84 Å². The third kappa shape index (κ3) is 2.31. The van der Waals surface area contributed by atoms with E-state index in [2.05, 4.69) is 0 Å². The van der Waals surface area contributed by atoms with Gasteiger partial charge in [-0.05, 0) is 30.4 Å². The van der Waals surface area contributed by atoms with Crippen molar-refractivity contribution in [1.29, 1.82) is 0 Å². The van der Waals surface area contributed by atoms with Gasteiger partial charge in [-0.1, -0.05) is 18.2 Å². The highest BCUT2D eigenvalue weighted by Crippen LogP contribution is 2.32. The third-order valence-electron chi connectivity index (χ3n) is 2.99. The van der Waals surface area contributed by atoms with E-state index in [1.807, 2.05) is 24.3 Å². The lowest BCUT2D eigenvalue weighted by atomic mass is 9.92. The standard InChI is InChI=1S/C11H15NO2S/c12-11-4-2-1-3-10(11)9-5-7-15(13,14)8-6-9/h1-4,9H,5-8,12H2. The maximum atomic E-state index is 11.3. The van der Waals surface area contributed by atoms with Crippen LogP contribution in [0.15, 0.2) is 24.3 Å². The maximum Gasteiger partial charge on any atom is 0.150 e. The van der Waals surface area contributed by atoms with Crippen molar-refractivity contribution in [3.8, 4) is 0 Å². The Balaban J connectivity index is 2.18. The van der Waals surface area contributed by atoms with Crippen molar-refractivity contribution in [2.45, 2.75) is 18.8 Å². The van der Waals surface area contributed by atoms with E-state index in [-0.39, 0.29) is 0 Å². The molecular formula is C11H15NO2S. The van der Waals surface area contributed by atoms with Crippen molar-refractivity contribution in [1.82, 2.24) is 0 Å². The van der Waals surface area contributed by atoms with Gasteiger partial charge in [0.25, 0.3) is 0 Å². The van der Waals surface area contributed by atoms with Gasteiger partial charge in [-0.15, -0.1) is 0 Å². The average Bonchev–Trinajstić information content (AvgIpc) is 2.19. The summed E-state index contributed by atoms with van der Waals surface area (Å²) >= 11 is 0. The Labute approximate surface area is 90.2 Å². The van der Waals surface area contributed by atoms with Gasteiger partial charge in [-0.2, -0.15) is 0 Å². The highest BCUT2D eigenvalue weighted by molar-refractivity contribution is 7.91. The predicted octanol–water partition coefficient (Wildman–Crippen LogP) is 1.56. The minimum absolute atomic E-state index is 0.298. The van der Waals surface area contributed by atoms with Crippen molar-refractivity contribution in [3.63, 3.8) is 0 Å². The van der Waals surface area contributed by atoms with E-state index in [0.29, 0.717) is 30.3 Å². The van der Waals surface area contributed by atoms with Crippen LogP contribution >= 0.6 is 0 Å². The zero-order chi connectivity index (χ0) is 10.9. The summed E-state index contributed by atoms with van der Waals surface area (Å²) in [6, 6.07) is 7.73. The van der Waals surface area contributed by atoms with Crippen LogP contribution in [0.1, 0.15) is 24.3 Å². The molecule has 1 aliphatic heterocycles. The third-order valence-corrected chi connectivity index (χ3v) is 4.71. The zero-order valence-corrected chi connectivity index (χ0v) is 9.33. The smallest absolute Gasteiger partial charge is 0.150 e. The Morgan fingerprint density at radius 2 is 1.73 bits per heavy atom. The number of hydrogen-bond acceptors (Lipinski definition) is 3. The highest BCUT2D eigenvalue weighted by Gasteiger charge is 2.25. The van der Waals surface area contributed by atoms with E-state index in [0.717, 1.165) is 11.3 Å². The van der Waals surface area contributed by atoms with E-state index in [9.17, 15) is 8.42 Å². The minimum Gasteiger partial charge on any atom is -0.398 e. The van der Waals surface area contributed by atoms with Gasteiger partial charge in [0.15, 0.2) is 0 Å². The Morgan fingerprint density at radius 1 is 1.13 bits per heavy atom. The molecule has 1 heterocycles. The fourth-order valence-corrected chi connectivity index (χ4v) is 3.58. The first kappa shape index (κ1) is 10.5. The summed E-state index contributed by atoms with van der Waals surface area (Å²) in [6.07, 6.45) is 1.41. The second kappa shape index (κ2) is 3.85. The summed E-state index contributed by atoms with van der Waals surface area (Å²) in [5.74, 6) is 0.910. The lowest BCUT2D eigenvalue weighted by Crippen LogP contribution is -2.22. The highest BCUT2D eigenvalue weighted by atomic mass is 32.2. The first-order valence-electron chi connectivity index (χ1n) is 5.13. The fraction of sp³-hybridized carbons (Fsp3) is 0.455. The van der Waals surface area contributed by atoms with Gasteiger partial charge in [0.05, 0.1) is 11.5 Å². The Hall–Kier alpha value is -1.03. The van der Waals surface area contributed by atoms with Crippen molar-refractivity contribution in [2.24, 2.45) is 0 Å². The predicted molar refractivity (Wildman–Crippen MR) is 61.5 cm³/mol. The van der Waals surface area contributed by atoms with Crippen LogP contribution in [0.3, 0.4) is 0 Å². The molecule has 3 nitrogen and oxygen atoms in total. The number of sulfone groups is 1. The lowest BCUT2D eigenvalue weighted by Gasteiger charge is -2.23. The molecular weight excluding hydrogens is 210 g/mol. The molecule has 1 fully saturated rings. The largest absolute Gasteiger partial charge is 0.398 e. The topological polar surface area (TPSA) is 60.2 Å². The number of benzene rings is 1. The molecule has 1 saturated heterocycles. The molecule has 0 spiro atoms. The molecule has 0 aliphatic carbocycles. The van der Waals surface area contributed by atoms with Gasteiger partial charge in [-0.3, -0.25) is 0 Å². The zero-order valence-electron chi connectivity index (χ0n) is 8.52. The van der Waals surface area contributed by atoms with Crippen LogP contribution < -0.4 is 5.73 Å². The van der Waals surface area contributed by atoms with Crippen LogP contribution in [-0.2, 0) is 9.84 Å². The molecule has 82 valence electrons. The first-order valence-corrected chi connectivity index (χ1v) is 6.95. The Bertz CT molecular complexity index is 439. The van der Waals surface area contributed by atoms with Crippen molar-refractivity contribution < 1.29 is 8.42 Å². The van der Waals surface area contributed by atoms with Gasteiger partial charge in [0.2, 0.25) is 0 Å². The van der Waals surface area contributed by atoms with Crippen LogP contribution in [0, 0.1) is 0 Å². The van der Waals surface area contributed by atoms with Crippen LogP contribution in [0.4, 0.5) is 5.69 Å². The fourth-order valence-electron chi connectivity index (χ4n) is 2.08. The SMILES string of the molecule is Nc1ccccc1C1CCS(=O)(=O)CC1. The molecule has 0 amide bonds. The molecule has 0 aromatic heterocycles. The monoisotopic (exact) mass is 225 g/mol. The van der Waals surface area contributed by atoms with Crippen LogP contribution in [0.5, 0.6) is 0 Å². The van der Waals surface area contributed by atoms with Crippen LogP contribution in [-0.4, -0.2) is 19.9 Å². The number of hydrogen-bond donors (Lipinski definition) is 1. The second-order valence-electron chi connectivity index (χ2n) is 4.06. The summed E-state index contributed by atoms with van der Waals surface area (Å²) < 4.78 is 22.6.